The molecule has 84 valence electrons. The normalized spacial score (nSPS) is 9.94. The van der Waals surface area contributed by atoms with E-state index in [-0.39, 0.29) is 0 Å². The van der Waals surface area contributed by atoms with Crippen LogP contribution in [0.15, 0.2) is 55.6 Å². The Morgan fingerprint density at radius 2 is 1.59 bits per heavy atom. The fourth-order valence-electron chi connectivity index (χ4n) is 1.83. The van der Waals surface area contributed by atoms with Crippen LogP contribution in [0.5, 0.6) is 0 Å². The number of benzene rings is 2. The van der Waals surface area contributed by atoms with Gasteiger partial charge >= 0.3 is 0 Å². The summed E-state index contributed by atoms with van der Waals surface area (Å²) in [4.78, 5) is 0. The lowest BCUT2D eigenvalue weighted by molar-refractivity contribution is 1.57. The Morgan fingerprint density at radius 3 is 2.18 bits per heavy atom. The maximum absolute atomic E-state index is 6.41. The molecule has 2 rings (SSSR count). The predicted molar refractivity (Wildman–Crippen MR) is 77.1 cm³/mol. The average Bonchev–Trinajstić information content (AvgIpc) is 2.39. The van der Waals surface area contributed by atoms with E-state index in [1.807, 2.05) is 42.5 Å². The molecule has 0 aliphatic heterocycles. The highest BCUT2D eigenvalue weighted by Gasteiger charge is 2.08. The zero-order chi connectivity index (χ0) is 12.3. The third kappa shape index (κ3) is 2.17. The molecular formula is C16H13Cl. The molecule has 0 amide bonds. The van der Waals surface area contributed by atoms with Crippen LogP contribution in [0.25, 0.3) is 23.3 Å². The summed E-state index contributed by atoms with van der Waals surface area (Å²) in [5, 5.41) is 0.726. The molecule has 0 saturated carbocycles. The van der Waals surface area contributed by atoms with Crippen molar-refractivity contribution >= 4 is 23.8 Å². The van der Waals surface area contributed by atoms with Gasteiger partial charge in [-0.15, -0.1) is 0 Å². The van der Waals surface area contributed by atoms with Crippen molar-refractivity contribution in [1.29, 1.82) is 0 Å². The van der Waals surface area contributed by atoms with Gasteiger partial charge in [0.2, 0.25) is 0 Å². The van der Waals surface area contributed by atoms with Crippen LogP contribution in [0.4, 0.5) is 0 Å². The fourth-order valence-corrected chi connectivity index (χ4v) is 2.19. The Morgan fingerprint density at radius 1 is 0.882 bits per heavy atom. The Bertz CT molecular complexity index is 553. The summed E-state index contributed by atoms with van der Waals surface area (Å²) >= 11 is 6.41. The third-order valence-corrected chi connectivity index (χ3v) is 3.13. The van der Waals surface area contributed by atoms with E-state index in [1.165, 1.54) is 0 Å². The van der Waals surface area contributed by atoms with Crippen molar-refractivity contribution in [3.05, 3.63) is 71.8 Å². The summed E-state index contributed by atoms with van der Waals surface area (Å²) < 4.78 is 0. The van der Waals surface area contributed by atoms with Crippen LogP contribution in [0.3, 0.4) is 0 Å². The van der Waals surface area contributed by atoms with Crippen molar-refractivity contribution < 1.29 is 0 Å². The molecular weight excluding hydrogens is 228 g/mol. The van der Waals surface area contributed by atoms with Gasteiger partial charge in [0.25, 0.3) is 0 Å². The highest BCUT2D eigenvalue weighted by atomic mass is 35.5. The van der Waals surface area contributed by atoms with Crippen molar-refractivity contribution in [1.82, 2.24) is 0 Å². The van der Waals surface area contributed by atoms with Crippen LogP contribution in [0.1, 0.15) is 11.1 Å². The van der Waals surface area contributed by atoms with E-state index in [9.17, 15) is 0 Å². The van der Waals surface area contributed by atoms with Crippen LogP contribution in [-0.2, 0) is 0 Å². The summed E-state index contributed by atoms with van der Waals surface area (Å²) in [6.45, 7) is 7.58. The molecule has 0 aliphatic carbocycles. The summed E-state index contributed by atoms with van der Waals surface area (Å²) in [6, 6.07) is 14.1. The van der Waals surface area contributed by atoms with Gasteiger partial charge < -0.3 is 0 Å². The topological polar surface area (TPSA) is 0 Å². The van der Waals surface area contributed by atoms with Gasteiger partial charge in [-0.3, -0.25) is 0 Å². The van der Waals surface area contributed by atoms with Crippen molar-refractivity contribution in [2.75, 3.05) is 0 Å². The summed E-state index contributed by atoms with van der Waals surface area (Å²) in [6.07, 6.45) is 3.56. The second-order valence-electron chi connectivity index (χ2n) is 3.70. The summed E-state index contributed by atoms with van der Waals surface area (Å²) in [5.74, 6) is 0. The maximum Gasteiger partial charge on any atom is 0.0562 e. The Hall–Kier alpha value is -1.79. The largest absolute Gasteiger partial charge is 0.0984 e. The third-order valence-electron chi connectivity index (χ3n) is 2.72. The Labute approximate surface area is 107 Å². The smallest absolute Gasteiger partial charge is 0.0562 e. The minimum Gasteiger partial charge on any atom is -0.0984 e. The van der Waals surface area contributed by atoms with Crippen molar-refractivity contribution in [2.45, 2.75) is 0 Å². The number of hydrogen-bond acceptors (Lipinski definition) is 0. The highest BCUT2D eigenvalue weighted by molar-refractivity contribution is 6.35. The first kappa shape index (κ1) is 11.7. The van der Waals surface area contributed by atoms with Crippen LogP contribution < -0.4 is 0 Å². The van der Waals surface area contributed by atoms with E-state index in [1.54, 1.807) is 12.2 Å². The van der Waals surface area contributed by atoms with E-state index < -0.39 is 0 Å². The van der Waals surface area contributed by atoms with Crippen LogP contribution in [-0.4, -0.2) is 0 Å². The standard InChI is InChI=1S/C16H13Cl/c1-3-12-10-11-15(16(17)14(12)4-2)13-8-6-5-7-9-13/h3-11H,1-2H2. The van der Waals surface area contributed by atoms with Crippen molar-refractivity contribution in [3.8, 4) is 11.1 Å². The van der Waals surface area contributed by atoms with E-state index in [2.05, 4.69) is 13.2 Å². The molecule has 2 aromatic carbocycles. The predicted octanol–water partition coefficient (Wildman–Crippen LogP) is 5.29. The molecule has 0 heterocycles. The lowest BCUT2D eigenvalue weighted by Crippen LogP contribution is -1.87. The van der Waals surface area contributed by atoms with Crippen molar-refractivity contribution in [3.63, 3.8) is 0 Å². The average molecular weight is 241 g/mol. The number of hydrogen-bond donors (Lipinski definition) is 0. The van der Waals surface area contributed by atoms with Gasteiger partial charge in [-0.05, 0) is 11.1 Å². The van der Waals surface area contributed by atoms with E-state index in [4.69, 9.17) is 11.6 Å². The minimum atomic E-state index is 0.726. The molecule has 0 atom stereocenters. The lowest BCUT2D eigenvalue weighted by Gasteiger charge is -2.10. The Kier molecular flexibility index (Phi) is 3.46. The first-order valence-electron chi connectivity index (χ1n) is 5.40. The molecule has 17 heavy (non-hydrogen) atoms. The first-order valence-corrected chi connectivity index (χ1v) is 5.78. The molecule has 0 aliphatic rings. The van der Waals surface area contributed by atoms with Gasteiger partial charge in [0.15, 0.2) is 0 Å². The molecule has 0 N–H and O–H groups in total. The zero-order valence-electron chi connectivity index (χ0n) is 9.49. The quantitative estimate of drug-likeness (QED) is 0.684. The second-order valence-corrected chi connectivity index (χ2v) is 4.08. The van der Waals surface area contributed by atoms with Gasteiger partial charge in [0.1, 0.15) is 0 Å². The molecule has 0 fully saturated rings. The van der Waals surface area contributed by atoms with E-state index in [0.717, 1.165) is 27.3 Å². The lowest BCUT2D eigenvalue weighted by atomic mass is 9.99. The maximum atomic E-state index is 6.41. The van der Waals surface area contributed by atoms with Crippen LogP contribution in [0.2, 0.25) is 5.02 Å². The summed E-state index contributed by atoms with van der Waals surface area (Å²) in [5.41, 5.74) is 4.07. The number of rotatable bonds is 3. The molecule has 0 unspecified atom stereocenters. The molecule has 0 aromatic heterocycles. The van der Waals surface area contributed by atoms with Crippen LogP contribution in [0, 0.1) is 0 Å². The number of halogens is 1. The fraction of sp³-hybridized carbons (Fsp3) is 0. The monoisotopic (exact) mass is 240 g/mol. The molecule has 0 bridgehead atoms. The van der Waals surface area contributed by atoms with Gasteiger partial charge in [-0.1, -0.05) is 79.4 Å². The highest BCUT2D eigenvalue weighted by Crippen LogP contribution is 2.33. The van der Waals surface area contributed by atoms with Gasteiger partial charge in [-0.25, -0.2) is 0 Å². The second kappa shape index (κ2) is 5.03. The van der Waals surface area contributed by atoms with E-state index >= 15 is 0 Å². The van der Waals surface area contributed by atoms with Crippen LogP contribution >= 0.6 is 11.6 Å². The van der Waals surface area contributed by atoms with Gasteiger partial charge in [-0.2, -0.15) is 0 Å². The van der Waals surface area contributed by atoms with E-state index in [0.29, 0.717) is 0 Å². The molecule has 2 aromatic rings. The minimum absolute atomic E-state index is 0.726. The molecule has 0 radical (unpaired) electrons. The van der Waals surface area contributed by atoms with Gasteiger partial charge in [0.05, 0.1) is 5.02 Å². The first-order chi connectivity index (χ1) is 8.27. The zero-order valence-corrected chi connectivity index (χ0v) is 10.2. The molecule has 0 saturated heterocycles. The Balaban J connectivity index is 2.65. The molecule has 0 spiro atoms. The SMILES string of the molecule is C=Cc1ccc(-c2ccccc2)c(Cl)c1C=C. The molecule has 0 nitrogen and oxygen atoms in total. The summed E-state index contributed by atoms with van der Waals surface area (Å²) in [7, 11) is 0. The van der Waals surface area contributed by atoms with Crippen molar-refractivity contribution in [2.24, 2.45) is 0 Å². The molecule has 1 heteroatoms. The van der Waals surface area contributed by atoms with Gasteiger partial charge in [0, 0.05) is 11.1 Å².